The summed E-state index contributed by atoms with van der Waals surface area (Å²) in [5.41, 5.74) is 1.92. The summed E-state index contributed by atoms with van der Waals surface area (Å²) in [7, 11) is 0. The molecule has 0 amide bonds. The molecular formula is C16H10BrFO2. The van der Waals surface area contributed by atoms with Crippen LogP contribution in [0.4, 0.5) is 4.39 Å². The molecular weight excluding hydrogens is 323 g/mol. The first-order valence-corrected chi connectivity index (χ1v) is 6.84. The van der Waals surface area contributed by atoms with Gasteiger partial charge in [-0.05, 0) is 52.7 Å². The first-order chi connectivity index (χ1) is 9.56. The molecule has 4 heteroatoms. The summed E-state index contributed by atoms with van der Waals surface area (Å²) >= 11 is 3.06. The lowest BCUT2D eigenvalue weighted by atomic mass is 10.1. The third-order valence-corrected chi connectivity index (χ3v) is 3.79. The van der Waals surface area contributed by atoms with Gasteiger partial charge in [0.15, 0.2) is 5.76 Å². The van der Waals surface area contributed by atoms with E-state index >= 15 is 0 Å². The molecule has 0 aliphatic heterocycles. The van der Waals surface area contributed by atoms with E-state index in [0.717, 1.165) is 10.9 Å². The molecule has 0 N–H and O–H groups in total. The Hall–Kier alpha value is -1.94. The fraction of sp³-hybridized carbons (Fsp3) is 0.0625. The van der Waals surface area contributed by atoms with Crippen LogP contribution in [0.25, 0.3) is 11.0 Å². The molecule has 0 saturated carbocycles. The molecule has 3 rings (SSSR count). The van der Waals surface area contributed by atoms with Crippen molar-refractivity contribution >= 4 is 32.7 Å². The number of benzene rings is 2. The van der Waals surface area contributed by atoms with E-state index in [9.17, 15) is 9.18 Å². The molecule has 20 heavy (non-hydrogen) atoms. The van der Waals surface area contributed by atoms with E-state index in [1.807, 2.05) is 25.1 Å². The quantitative estimate of drug-likeness (QED) is 0.626. The molecule has 2 nitrogen and oxygen atoms in total. The van der Waals surface area contributed by atoms with Crippen LogP contribution >= 0.6 is 15.9 Å². The average molecular weight is 333 g/mol. The van der Waals surface area contributed by atoms with E-state index in [2.05, 4.69) is 15.9 Å². The number of hydrogen-bond donors (Lipinski definition) is 0. The fourth-order valence-corrected chi connectivity index (χ4v) is 2.35. The van der Waals surface area contributed by atoms with Crippen LogP contribution in [0.3, 0.4) is 0 Å². The molecule has 0 atom stereocenters. The van der Waals surface area contributed by atoms with Gasteiger partial charge in [-0.1, -0.05) is 18.2 Å². The predicted octanol–water partition coefficient (Wildman–Crippen LogP) is 4.87. The predicted molar refractivity (Wildman–Crippen MR) is 78.5 cm³/mol. The van der Waals surface area contributed by atoms with Crippen LogP contribution in [0.1, 0.15) is 21.7 Å². The van der Waals surface area contributed by atoms with Gasteiger partial charge in [0.2, 0.25) is 5.78 Å². The third kappa shape index (κ3) is 2.16. The van der Waals surface area contributed by atoms with Gasteiger partial charge in [-0.3, -0.25) is 4.79 Å². The van der Waals surface area contributed by atoms with Gasteiger partial charge in [0.1, 0.15) is 11.4 Å². The van der Waals surface area contributed by atoms with Crippen molar-refractivity contribution in [2.24, 2.45) is 0 Å². The highest BCUT2D eigenvalue weighted by atomic mass is 79.9. The van der Waals surface area contributed by atoms with Crippen molar-refractivity contribution in [3.8, 4) is 0 Å². The summed E-state index contributed by atoms with van der Waals surface area (Å²) in [6.07, 6.45) is 0. The first kappa shape index (κ1) is 13.1. The standard InChI is InChI=1S/C16H10BrFO2/c1-9-3-2-4-11-8-14(20-16(9)11)15(19)10-5-6-12(17)13(18)7-10/h2-8H,1H3. The normalized spacial score (nSPS) is 10.9. The molecule has 0 fully saturated rings. The number of para-hydroxylation sites is 1. The zero-order valence-electron chi connectivity index (χ0n) is 10.6. The summed E-state index contributed by atoms with van der Waals surface area (Å²) in [5, 5.41) is 0.867. The first-order valence-electron chi connectivity index (χ1n) is 6.05. The molecule has 0 unspecified atom stereocenters. The van der Waals surface area contributed by atoms with Crippen molar-refractivity contribution in [3.63, 3.8) is 0 Å². The maximum atomic E-state index is 13.5. The molecule has 3 aromatic rings. The molecule has 1 heterocycles. The Bertz CT molecular complexity index is 820. The van der Waals surface area contributed by atoms with Crippen molar-refractivity contribution in [2.75, 3.05) is 0 Å². The summed E-state index contributed by atoms with van der Waals surface area (Å²) in [6, 6.07) is 11.7. The SMILES string of the molecule is Cc1cccc2cc(C(=O)c3ccc(Br)c(F)c3)oc12. The molecule has 0 aliphatic rings. The number of fused-ring (bicyclic) bond motifs is 1. The molecule has 1 aromatic heterocycles. The van der Waals surface area contributed by atoms with E-state index < -0.39 is 5.82 Å². The van der Waals surface area contributed by atoms with Gasteiger partial charge >= 0.3 is 0 Å². The van der Waals surface area contributed by atoms with Crippen molar-refractivity contribution in [2.45, 2.75) is 6.92 Å². The Morgan fingerprint density at radius 1 is 1.20 bits per heavy atom. The molecule has 100 valence electrons. The minimum atomic E-state index is -0.469. The average Bonchev–Trinajstić information content (AvgIpc) is 2.86. The Kier molecular flexibility index (Phi) is 3.18. The lowest BCUT2D eigenvalue weighted by Gasteiger charge is -1.99. The van der Waals surface area contributed by atoms with Gasteiger partial charge in [0.25, 0.3) is 0 Å². The number of ketones is 1. The van der Waals surface area contributed by atoms with Gasteiger partial charge in [-0.25, -0.2) is 4.39 Å². The van der Waals surface area contributed by atoms with Crippen LogP contribution in [-0.4, -0.2) is 5.78 Å². The maximum absolute atomic E-state index is 13.5. The topological polar surface area (TPSA) is 30.2 Å². The number of halogens is 2. The van der Waals surface area contributed by atoms with Crippen LogP contribution in [-0.2, 0) is 0 Å². The smallest absolute Gasteiger partial charge is 0.228 e. The second kappa shape index (κ2) is 4.87. The highest BCUT2D eigenvalue weighted by molar-refractivity contribution is 9.10. The number of aryl methyl sites for hydroxylation is 1. The van der Waals surface area contributed by atoms with Gasteiger partial charge in [0.05, 0.1) is 4.47 Å². The van der Waals surface area contributed by atoms with Crippen LogP contribution in [0.15, 0.2) is 51.4 Å². The van der Waals surface area contributed by atoms with Crippen molar-refractivity contribution in [1.82, 2.24) is 0 Å². The number of hydrogen-bond acceptors (Lipinski definition) is 2. The highest BCUT2D eigenvalue weighted by Crippen LogP contribution is 2.25. The number of carbonyl (C=O) groups excluding carboxylic acids is 1. The zero-order valence-corrected chi connectivity index (χ0v) is 12.2. The van der Waals surface area contributed by atoms with Crippen molar-refractivity contribution in [1.29, 1.82) is 0 Å². The largest absolute Gasteiger partial charge is 0.452 e. The Morgan fingerprint density at radius 2 is 2.00 bits per heavy atom. The summed E-state index contributed by atoms with van der Waals surface area (Å²) in [5.74, 6) is -0.578. The van der Waals surface area contributed by atoms with Crippen LogP contribution in [0, 0.1) is 12.7 Å². The second-order valence-corrected chi connectivity index (χ2v) is 5.42. The second-order valence-electron chi connectivity index (χ2n) is 4.56. The zero-order chi connectivity index (χ0) is 14.3. The number of furan rings is 1. The lowest BCUT2D eigenvalue weighted by Crippen LogP contribution is -2.00. The van der Waals surface area contributed by atoms with Gasteiger partial charge in [-0.2, -0.15) is 0 Å². The van der Waals surface area contributed by atoms with Crippen LogP contribution in [0.2, 0.25) is 0 Å². The summed E-state index contributed by atoms with van der Waals surface area (Å²) < 4.78 is 19.4. The van der Waals surface area contributed by atoms with Crippen molar-refractivity contribution in [3.05, 3.63) is 69.6 Å². The van der Waals surface area contributed by atoms with Crippen molar-refractivity contribution < 1.29 is 13.6 Å². The molecule has 0 radical (unpaired) electrons. The van der Waals surface area contributed by atoms with Crippen LogP contribution in [0.5, 0.6) is 0 Å². The summed E-state index contributed by atoms with van der Waals surface area (Å²) in [4.78, 5) is 12.3. The molecule has 0 spiro atoms. The van der Waals surface area contributed by atoms with E-state index in [4.69, 9.17) is 4.42 Å². The Morgan fingerprint density at radius 3 is 2.70 bits per heavy atom. The molecule has 0 bridgehead atoms. The monoisotopic (exact) mass is 332 g/mol. The van der Waals surface area contributed by atoms with E-state index in [1.54, 1.807) is 12.1 Å². The highest BCUT2D eigenvalue weighted by Gasteiger charge is 2.16. The molecule has 0 saturated heterocycles. The van der Waals surface area contributed by atoms with Gasteiger partial charge in [0, 0.05) is 10.9 Å². The Balaban J connectivity index is 2.08. The lowest BCUT2D eigenvalue weighted by molar-refractivity contribution is 0.101. The maximum Gasteiger partial charge on any atom is 0.228 e. The minimum absolute atomic E-state index is 0.219. The van der Waals surface area contributed by atoms with E-state index in [1.165, 1.54) is 12.1 Å². The minimum Gasteiger partial charge on any atom is -0.452 e. The van der Waals surface area contributed by atoms with Gasteiger partial charge < -0.3 is 4.42 Å². The number of rotatable bonds is 2. The van der Waals surface area contributed by atoms with Crippen LogP contribution < -0.4 is 0 Å². The number of carbonyl (C=O) groups is 1. The molecule has 2 aromatic carbocycles. The fourth-order valence-electron chi connectivity index (χ4n) is 2.10. The summed E-state index contributed by atoms with van der Waals surface area (Å²) in [6.45, 7) is 1.92. The third-order valence-electron chi connectivity index (χ3n) is 3.15. The van der Waals surface area contributed by atoms with E-state index in [0.29, 0.717) is 10.1 Å². The molecule has 0 aliphatic carbocycles. The van der Waals surface area contributed by atoms with Gasteiger partial charge in [-0.15, -0.1) is 0 Å². The Labute approximate surface area is 123 Å². The van der Waals surface area contributed by atoms with E-state index in [-0.39, 0.29) is 17.1 Å².